The van der Waals surface area contributed by atoms with Crippen molar-refractivity contribution in [3.8, 4) is 0 Å². The Hall–Kier alpha value is -1.87. The monoisotopic (exact) mass is 269 g/mol. The Morgan fingerprint density at radius 2 is 1.90 bits per heavy atom. The number of rotatable bonds is 5. The van der Waals surface area contributed by atoms with Gasteiger partial charge in [-0.15, -0.1) is 0 Å². The number of aromatic nitrogens is 1. The van der Waals surface area contributed by atoms with Crippen molar-refractivity contribution in [3.05, 3.63) is 59.4 Å². The van der Waals surface area contributed by atoms with E-state index in [1.54, 1.807) is 0 Å². The number of para-hydroxylation sites is 1. The third-order valence-electron chi connectivity index (χ3n) is 3.29. The SMILES string of the molecule is Cc1cccc(CN(C)c2ccccc2CC(C)N)n1. The van der Waals surface area contributed by atoms with Crippen molar-refractivity contribution >= 4 is 5.69 Å². The fourth-order valence-corrected chi connectivity index (χ4v) is 2.42. The maximum atomic E-state index is 5.94. The van der Waals surface area contributed by atoms with Crippen LogP contribution in [0.15, 0.2) is 42.5 Å². The van der Waals surface area contributed by atoms with Crippen molar-refractivity contribution < 1.29 is 0 Å². The summed E-state index contributed by atoms with van der Waals surface area (Å²) in [4.78, 5) is 6.80. The molecule has 0 saturated heterocycles. The minimum Gasteiger partial charge on any atom is -0.368 e. The molecule has 1 aromatic heterocycles. The van der Waals surface area contributed by atoms with E-state index in [9.17, 15) is 0 Å². The van der Waals surface area contributed by atoms with Crippen molar-refractivity contribution in [2.75, 3.05) is 11.9 Å². The number of anilines is 1. The zero-order chi connectivity index (χ0) is 14.5. The molecular formula is C17H23N3. The Morgan fingerprint density at radius 1 is 1.15 bits per heavy atom. The highest BCUT2D eigenvalue weighted by Crippen LogP contribution is 2.21. The number of aryl methyl sites for hydroxylation is 1. The number of hydrogen-bond donors (Lipinski definition) is 1. The molecule has 0 bridgehead atoms. The van der Waals surface area contributed by atoms with Gasteiger partial charge in [-0.3, -0.25) is 4.98 Å². The molecule has 0 aliphatic heterocycles. The van der Waals surface area contributed by atoms with E-state index in [0.717, 1.165) is 24.4 Å². The van der Waals surface area contributed by atoms with E-state index in [1.165, 1.54) is 11.3 Å². The fraction of sp³-hybridized carbons (Fsp3) is 0.353. The van der Waals surface area contributed by atoms with Gasteiger partial charge in [0.15, 0.2) is 0 Å². The Kier molecular flexibility index (Phi) is 4.74. The number of benzene rings is 1. The van der Waals surface area contributed by atoms with Crippen LogP contribution in [0.1, 0.15) is 23.9 Å². The maximum Gasteiger partial charge on any atom is 0.0600 e. The molecule has 0 aliphatic rings. The van der Waals surface area contributed by atoms with Crippen molar-refractivity contribution in [1.29, 1.82) is 0 Å². The molecule has 20 heavy (non-hydrogen) atoms. The Bertz CT molecular complexity index is 564. The third kappa shape index (κ3) is 3.81. The average molecular weight is 269 g/mol. The van der Waals surface area contributed by atoms with Crippen molar-refractivity contribution in [3.63, 3.8) is 0 Å². The molecule has 3 nitrogen and oxygen atoms in total. The van der Waals surface area contributed by atoms with E-state index in [1.807, 2.05) is 19.9 Å². The van der Waals surface area contributed by atoms with Crippen LogP contribution in [0.4, 0.5) is 5.69 Å². The normalized spacial score (nSPS) is 12.2. The second-order valence-corrected chi connectivity index (χ2v) is 5.44. The van der Waals surface area contributed by atoms with Crippen LogP contribution in [-0.2, 0) is 13.0 Å². The molecule has 0 radical (unpaired) electrons. The summed E-state index contributed by atoms with van der Waals surface area (Å²) in [5.74, 6) is 0. The number of nitrogens with two attached hydrogens (primary N) is 1. The summed E-state index contributed by atoms with van der Waals surface area (Å²) in [6.45, 7) is 4.87. The second-order valence-electron chi connectivity index (χ2n) is 5.44. The van der Waals surface area contributed by atoms with Crippen molar-refractivity contribution in [2.24, 2.45) is 5.73 Å². The highest BCUT2D eigenvalue weighted by Gasteiger charge is 2.09. The molecule has 106 valence electrons. The Labute approximate surface area is 121 Å². The molecule has 0 amide bonds. The number of pyridine rings is 1. The van der Waals surface area contributed by atoms with E-state index in [-0.39, 0.29) is 6.04 Å². The van der Waals surface area contributed by atoms with E-state index in [2.05, 4.69) is 53.3 Å². The minimum absolute atomic E-state index is 0.168. The van der Waals surface area contributed by atoms with Crippen LogP contribution in [0.2, 0.25) is 0 Å². The fourth-order valence-electron chi connectivity index (χ4n) is 2.42. The molecule has 3 heteroatoms. The highest BCUT2D eigenvalue weighted by molar-refractivity contribution is 5.53. The molecule has 1 unspecified atom stereocenters. The van der Waals surface area contributed by atoms with Gasteiger partial charge < -0.3 is 10.6 Å². The summed E-state index contributed by atoms with van der Waals surface area (Å²) < 4.78 is 0. The molecular weight excluding hydrogens is 246 g/mol. The van der Waals surface area contributed by atoms with Crippen LogP contribution < -0.4 is 10.6 Å². The lowest BCUT2D eigenvalue weighted by atomic mass is 10.0. The van der Waals surface area contributed by atoms with Gasteiger partial charge in [0.1, 0.15) is 0 Å². The topological polar surface area (TPSA) is 42.1 Å². The predicted molar refractivity (Wildman–Crippen MR) is 84.9 cm³/mol. The van der Waals surface area contributed by atoms with Crippen LogP contribution in [0.5, 0.6) is 0 Å². The van der Waals surface area contributed by atoms with Gasteiger partial charge >= 0.3 is 0 Å². The zero-order valence-corrected chi connectivity index (χ0v) is 12.5. The first-order valence-electron chi connectivity index (χ1n) is 7.03. The van der Waals surface area contributed by atoms with Gasteiger partial charge in [-0.1, -0.05) is 24.3 Å². The van der Waals surface area contributed by atoms with Crippen molar-refractivity contribution in [1.82, 2.24) is 4.98 Å². The summed E-state index contributed by atoms with van der Waals surface area (Å²) in [6.07, 6.45) is 0.891. The van der Waals surface area contributed by atoms with E-state index >= 15 is 0 Å². The quantitative estimate of drug-likeness (QED) is 0.907. The molecule has 0 fully saturated rings. The molecule has 0 saturated carbocycles. The highest BCUT2D eigenvalue weighted by atomic mass is 15.1. The van der Waals surface area contributed by atoms with Crippen LogP contribution in [0, 0.1) is 6.92 Å². The van der Waals surface area contributed by atoms with Gasteiger partial charge in [-0.25, -0.2) is 0 Å². The maximum absolute atomic E-state index is 5.94. The smallest absolute Gasteiger partial charge is 0.0600 e. The van der Waals surface area contributed by atoms with E-state index in [4.69, 9.17) is 5.73 Å². The molecule has 1 aromatic carbocycles. The largest absolute Gasteiger partial charge is 0.368 e. The summed E-state index contributed by atoms with van der Waals surface area (Å²) in [5, 5.41) is 0. The molecule has 2 N–H and O–H groups in total. The van der Waals surface area contributed by atoms with E-state index in [0.29, 0.717) is 0 Å². The molecule has 1 atom stereocenters. The zero-order valence-electron chi connectivity index (χ0n) is 12.5. The van der Waals surface area contributed by atoms with Gasteiger partial charge in [-0.05, 0) is 44.0 Å². The lowest BCUT2D eigenvalue weighted by molar-refractivity contribution is 0.733. The third-order valence-corrected chi connectivity index (χ3v) is 3.29. The van der Waals surface area contributed by atoms with Crippen LogP contribution in [-0.4, -0.2) is 18.1 Å². The summed E-state index contributed by atoms with van der Waals surface area (Å²) >= 11 is 0. The van der Waals surface area contributed by atoms with Crippen LogP contribution >= 0.6 is 0 Å². The summed E-state index contributed by atoms with van der Waals surface area (Å²) in [6, 6.07) is 14.7. The predicted octanol–water partition coefficient (Wildman–Crippen LogP) is 2.92. The summed E-state index contributed by atoms with van der Waals surface area (Å²) in [7, 11) is 2.10. The minimum atomic E-state index is 0.168. The first-order chi connectivity index (χ1) is 9.56. The van der Waals surface area contributed by atoms with Gasteiger partial charge in [0, 0.05) is 24.5 Å². The first-order valence-corrected chi connectivity index (χ1v) is 7.03. The van der Waals surface area contributed by atoms with Crippen LogP contribution in [0.25, 0.3) is 0 Å². The van der Waals surface area contributed by atoms with Crippen LogP contribution in [0.3, 0.4) is 0 Å². The molecule has 0 aliphatic carbocycles. The number of hydrogen-bond acceptors (Lipinski definition) is 3. The van der Waals surface area contributed by atoms with E-state index < -0.39 is 0 Å². The Balaban J connectivity index is 2.18. The standard InChI is InChI=1S/C17H23N3/c1-13(18)11-15-8-4-5-10-17(15)20(3)12-16-9-6-7-14(2)19-16/h4-10,13H,11-12,18H2,1-3H3. The molecule has 0 spiro atoms. The lowest BCUT2D eigenvalue weighted by Crippen LogP contribution is -2.22. The molecule has 1 heterocycles. The second kappa shape index (κ2) is 6.53. The average Bonchev–Trinajstić information content (AvgIpc) is 2.38. The molecule has 2 rings (SSSR count). The number of nitrogens with zero attached hydrogens (tertiary/aromatic N) is 2. The lowest BCUT2D eigenvalue weighted by Gasteiger charge is -2.23. The molecule has 2 aromatic rings. The first kappa shape index (κ1) is 14.5. The van der Waals surface area contributed by atoms with Gasteiger partial charge in [0.25, 0.3) is 0 Å². The summed E-state index contributed by atoms with van der Waals surface area (Å²) in [5.41, 5.74) is 10.6. The van der Waals surface area contributed by atoms with Gasteiger partial charge in [0.05, 0.1) is 12.2 Å². The van der Waals surface area contributed by atoms with Gasteiger partial charge in [-0.2, -0.15) is 0 Å². The Morgan fingerprint density at radius 3 is 2.60 bits per heavy atom. The van der Waals surface area contributed by atoms with Gasteiger partial charge in [0.2, 0.25) is 0 Å². The van der Waals surface area contributed by atoms with Crippen molar-refractivity contribution in [2.45, 2.75) is 32.9 Å².